The number of aromatic nitrogens is 1. The predicted molar refractivity (Wildman–Crippen MR) is 57.4 cm³/mol. The number of nitrogens with one attached hydrogen (secondary N) is 1. The maximum absolute atomic E-state index is 5.33. The number of ether oxygens (including phenoxy) is 2. The second kappa shape index (κ2) is 3.02. The third-order valence-electron chi connectivity index (χ3n) is 2.49. The highest BCUT2D eigenvalue weighted by Gasteiger charge is 2.15. The third-order valence-corrected chi connectivity index (χ3v) is 2.49. The van der Waals surface area contributed by atoms with E-state index in [-0.39, 0.29) is 0 Å². The summed E-state index contributed by atoms with van der Waals surface area (Å²) in [6.07, 6.45) is 1.77. The molecule has 4 heteroatoms. The number of fused-ring (bicyclic) bond motifs is 2. The molecule has 0 saturated carbocycles. The van der Waals surface area contributed by atoms with Gasteiger partial charge in [0.2, 0.25) is 6.79 Å². The van der Waals surface area contributed by atoms with Gasteiger partial charge in [0.15, 0.2) is 11.5 Å². The highest BCUT2D eigenvalue weighted by molar-refractivity contribution is 5.94. The first kappa shape index (κ1) is 8.35. The van der Waals surface area contributed by atoms with E-state index in [0.29, 0.717) is 6.79 Å². The number of benzene rings is 1. The molecule has 0 aliphatic carbocycles. The molecule has 2 heterocycles. The normalized spacial score (nSPS) is 13.1. The van der Waals surface area contributed by atoms with Crippen LogP contribution >= 0.6 is 0 Å². The molecule has 1 aromatic heterocycles. The molecule has 3 rings (SSSR count). The van der Waals surface area contributed by atoms with Crippen molar-refractivity contribution in [1.29, 1.82) is 0 Å². The van der Waals surface area contributed by atoms with Crippen LogP contribution < -0.4 is 14.8 Å². The summed E-state index contributed by atoms with van der Waals surface area (Å²) >= 11 is 0. The van der Waals surface area contributed by atoms with Gasteiger partial charge in [-0.05, 0) is 23.6 Å². The van der Waals surface area contributed by atoms with Crippen LogP contribution in [0.4, 0.5) is 5.82 Å². The first-order chi connectivity index (χ1) is 7.38. The number of nitrogens with zero attached hydrogens (tertiary/aromatic N) is 1. The van der Waals surface area contributed by atoms with Gasteiger partial charge in [0, 0.05) is 18.6 Å². The van der Waals surface area contributed by atoms with Gasteiger partial charge in [-0.15, -0.1) is 0 Å². The molecular weight excluding hydrogens is 192 g/mol. The van der Waals surface area contributed by atoms with Crippen molar-refractivity contribution < 1.29 is 9.47 Å². The molecule has 15 heavy (non-hydrogen) atoms. The number of rotatable bonds is 1. The average Bonchev–Trinajstić information content (AvgIpc) is 2.72. The Hall–Kier alpha value is -1.97. The van der Waals surface area contributed by atoms with E-state index >= 15 is 0 Å². The Labute approximate surface area is 86.8 Å². The molecule has 4 nitrogen and oxygen atoms in total. The fourth-order valence-corrected chi connectivity index (χ4v) is 1.76. The molecule has 0 spiro atoms. The van der Waals surface area contributed by atoms with E-state index in [1.807, 2.05) is 25.2 Å². The van der Waals surface area contributed by atoms with Gasteiger partial charge in [-0.2, -0.15) is 0 Å². The summed E-state index contributed by atoms with van der Waals surface area (Å²) in [7, 11) is 1.85. The smallest absolute Gasteiger partial charge is 0.231 e. The number of hydrogen-bond acceptors (Lipinski definition) is 4. The van der Waals surface area contributed by atoms with Crippen molar-refractivity contribution in [3.63, 3.8) is 0 Å². The van der Waals surface area contributed by atoms with Gasteiger partial charge in [0.25, 0.3) is 0 Å². The predicted octanol–water partition coefficient (Wildman–Crippen LogP) is 2.01. The van der Waals surface area contributed by atoms with Crippen molar-refractivity contribution in [2.24, 2.45) is 0 Å². The molecule has 1 aliphatic heterocycles. The molecule has 0 bridgehead atoms. The molecule has 0 saturated heterocycles. The Morgan fingerprint density at radius 2 is 2.07 bits per heavy atom. The Bertz CT molecular complexity index is 525. The van der Waals surface area contributed by atoms with Gasteiger partial charge >= 0.3 is 0 Å². The van der Waals surface area contributed by atoms with Crippen LogP contribution in [-0.4, -0.2) is 18.8 Å². The van der Waals surface area contributed by atoms with Crippen molar-refractivity contribution in [2.75, 3.05) is 19.2 Å². The van der Waals surface area contributed by atoms with Gasteiger partial charge in [0.1, 0.15) is 5.82 Å². The highest BCUT2D eigenvalue weighted by Crippen LogP contribution is 2.37. The van der Waals surface area contributed by atoms with E-state index in [9.17, 15) is 0 Å². The lowest BCUT2D eigenvalue weighted by atomic mass is 10.1. The minimum absolute atomic E-state index is 0.300. The van der Waals surface area contributed by atoms with Crippen LogP contribution in [0.15, 0.2) is 24.4 Å². The van der Waals surface area contributed by atoms with Crippen molar-refractivity contribution in [3.8, 4) is 11.5 Å². The van der Waals surface area contributed by atoms with E-state index in [4.69, 9.17) is 9.47 Å². The van der Waals surface area contributed by atoms with Gasteiger partial charge in [0.05, 0.1) is 0 Å². The van der Waals surface area contributed by atoms with Crippen LogP contribution in [0.1, 0.15) is 0 Å². The summed E-state index contributed by atoms with van der Waals surface area (Å²) < 4.78 is 10.6. The monoisotopic (exact) mass is 202 g/mol. The Morgan fingerprint density at radius 1 is 1.27 bits per heavy atom. The fourth-order valence-electron chi connectivity index (χ4n) is 1.76. The Kier molecular flexibility index (Phi) is 1.68. The topological polar surface area (TPSA) is 43.4 Å². The largest absolute Gasteiger partial charge is 0.454 e. The Morgan fingerprint density at radius 3 is 2.87 bits per heavy atom. The maximum Gasteiger partial charge on any atom is 0.231 e. The standard InChI is InChI=1S/C11H10N2O2/c1-12-11-8-5-10-9(14-6-15-10)4-7(8)2-3-13-11/h2-5H,6H2,1H3,(H,12,13). The molecule has 0 fully saturated rings. The van der Waals surface area contributed by atoms with Gasteiger partial charge in [-0.25, -0.2) is 4.98 Å². The summed E-state index contributed by atoms with van der Waals surface area (Å²) in [6, 6.07) is 5.88. The third kappa shape index (κ3) is 1.18. The average molecular weight is 202 g/mol. The molecule has 1 aliphatic rings. The van der Waals surface area contributed by atoms with Crippen molar-refractivity contribution >= 4 is 16.6 Å². The summed E-state index contributed by atoms with van der Waals surface area (Å²) in [5.41, 5.74) is 0. The number of hydrogen-bond donors (Lipinski definition) is 1. The van der Waals surface area contributed by atoms with Gasteiger partial charge < -0.3 is 14.8 Å². The molecule has 0 amide bonds. The minimum atomic E-state index is 0.300. The summed E-state index contributed by atoms with van der Waals surface area (Å²) in [5.74, 6) is 2.44. The number of anilines is 1. The van der Waals surface area contributed by atoms with Crippen LogP contribution in [-0.2, 0) is 0 Å². The lowest BCUT2D eigenvalue weighted by Crippen LogP contribution is -1.93. The van der Waals surface area contributed by atoms with E-state index in [1.165, 1.54) is 0 Å². The van der Waals surface area contributed by atoms with E-state index in [1.54, 1.807) is 6.20 Å². The first-order valence-corrected chi connectivity index (χ1v) is 4.74. The molecule has 76 valence electrons. The summed E-state index contributed by atoms with van der Waals surface area (Å²) in [6.45, 7) is 0.300. The van der Waals surface area contributed by atoms with Gasteiger partial charge in [-0.1, -0.05) is 0 Å². The molecule has 2 aromatic rings. The maximum atomic E-state index is 5.33. The SMILES string of the molecule is CNc1nccc2cc3c(cc12)OCO3. The molecular formula is C11H10N2O2. The van der Waals surface area contributed by atoms with E-state index < -0.39 is 0 Å². The first-order valence-electron chi connectivity index (χ1n) is 4.74. The molecule has 1 N–H and O–H groups in total. The minimum Gasteiger partial charge on any atom is -0.454 e. The van der Waals surface area contributed by atoms with Crippen molar-refractivity contribution in [3.05, 3.63) is 24.4 Å². The van der Waals surface area contributed by atoms with Crippen LogP contribution in [0.5, 0.6) is 11.5 Å². The van der Waals surface area contributed by atoms with Crippen LogP contribution in [0.25, 0.3) is 10.8 Å². The van der Waals surface area contributed by atoms with Crippen molar-refractivity contribution in [2.45, 2.75) is 0 Å². The zero-order valence-corrected chi connectivity index (χ0v) is 8.28. The second-order valence-corrected chi connectivity index (χ2v) is 3.34. The molecule has 0 atom stereocenters. The number of pyridine rings is 1. The summed E-state index contributed by atoms with van der Waals surface area (Å²) in [4.78, 5) is 4.24. The highest BCUT2D eigenvalue weighted by atomic mass is 16.7. The Balaban J connectivity index is 2.33. The van der Waals surface area contributed by atoms with Gasteiger partial charge in [-0.3, -0.25) is 0 Å². The summed E-state index contributed by atoms with van der Waals surface area (Å²) in [5, 5.41) is 5.20. The zero-order valence-electron chi connectivity index (χ0n) is 8.28. The van der Waals surface area contributed by atoms with E-state index in [2.05, 4.69) is 10.3 Å². The van der Waals surface area contributed by atoms with Crippen LogP contribution in [0.2, 0.25) is 0 Å². The molecule has 0 unspecified atom stereocenters. The zero-order chi connectivity index (χ0) is 10.3. The van der Waals surface area contributed by atoms with E-state index in [0.717, 1.165) is 28.1 Å². The fraction of sp³-hybridized carbons (Fsp3) is 0.182. The quantitative estimate of drug-likeness (QED) is 0.768. The molecule has 1 aromatic carbocycles. The molecule has 0 radical (unpaired) electrons. The lowest BCUT2D eigenvalue weighted by molar-refractivity contribution is 0.174. The second-order valence-electron chi connectivity index (χ2n) is 3.34. The van der Waals surface area contributed by atoms with Crippen LogP contribution in [0, 0.1) is 0 Å². The van der Waals surface area contributed by atoms with Crippen molar-refractivity contribution in [1.82, 2.24) is 4.98 Å². The van der Waals surface area contributed by atoms with Crippen LogP contribution in [0.3, 0.4) is 0 Å². The lowest BCUT2D eigenvalue weighted by Gasteiger charge is -2.05.